The average Bonchev–Trinajstić information content (AvgIpc) is 2.77. The van der Waals surface area contributed by atoms with E-state index in [0.29, 0.717) is 18.7 Å². The normalized spacial score (nSPS) is 11.2. The molecular weight excluding hydrogens is 244 g/mol. The van der Waals surface area contributed by atoms with Gasteiger partial charge in [0.1, 0.15) is 5.75 Å². The highest BCUT2D eigenvalue weighted by Crippen LogP contribution is 2.30. The Balaban J connectivity index is 2.60. The Kier molecular flexibility index (Phi) is 3.76. The van der Waals surface area contributed by atoms with Crippen molar-refractivity contribution in [3.05, 3.63) is 29.5 Å². The minimum Gasteiger partial charge on any atom is -0.508 e. The van der Waals surface area contributed by atoms with Crippen molar-refractivity contribution in [2.45, 2.75) is 13.5 Å². The first-order chi connectivity index (χ1) is 9.04. The topological polar surface area (TPSA) is 65.6 Å². The fourth-order valence-corrected chi connectivity index (χ4v) is 2.13. The van der Waals surface area contributed by atoms with E-state index >= 15 is 0 Å². The van der Waals surface area contributed by atoms with Crippen molar-refractivity contribution >= 4 is 16.9 Å². The maximum atomic E-state index is 11.9. The number of ether oxygens (including phenoxy) is 1. The summed E-state index contributed by atoms with van der Waals surface area (Å²) in [5.74, 6) is -0.189. The Hall–Kier alpha value is -2.01. The number of carbonyl (C=O) groups is 1. The summed E-state index contributed by atoms with van der Waals surface area (Å²) in [4.78, 5) is 16.9. The highest BCUT2D eigenvalue weighted by Gasteiger charge is 2.18. The zero-order chi connectivity index (χ0) is 14.0. The van der Waals surface area contributed by atoms with Crippen LogP contribution in [0, 0.1) is 0 Å². The second kappa shape index (κ2) is 5.32. The third-order valence-electron chi connectivity index (χ3n) is 2.90. The summed E-state index contributed by atoms with van der Waals surface area (Å²) in [7, 11) is 3.82. The Bertz CT molecular complexity index is 602. The van der Waals surface area contributed by atoms with Crippen LogP contribution in [-0.2, 0) is 11.3 Å². The Morgan fingerprint density at radius 3 is 2.79 bits per heavy atom. The van der Waals surface area contributed by atoms with Crippen LogP contribution in [0.1, 0.15) is 22.8 Å². The van der Waals surface area contributed by atoms with Gasteiger partial charge in [-0.25, -0.2) is 4.79 Å². The number of benzene rings is 1. The fourth-order valence-electron chi connectivity index (χ4n) is 2.13. The van der Waals surface area contributed by atoms with Crippen molar-refractivity contribution < 1.29 is 14.6 Å². The number of phenols is 1. The lowest BCUT2D eigenvalue weighted by Crippen LogP contribution is -2.12. The zero-order valence-corrected chi connectivity index (χ0v) is 11.4. The van der Waals surface area contributed by atoms with E-state index in [-0.39, 0.29) is 11.7 Å². The molecule has 102 valence electrons. The number of aromatic amines is 1. The Morgan fingerprint density at radius 1 is 1.42 bits per heavy atom. The van der Waals surface area contributed by atoms with Gasteiger partial charge in [-0.1, -0.05) is 0 Å². The molecule has 0 amide bonds. The molecule has 5 heteroatoms. The van der Waals surface area contributed by atoms with E-state index < -0.39 is 0 Å². The second-order valence-corrected chi connectivity index (χ2v) is 4.65. The van der Waals surface area contributed by atoms with E-state index in [1.807, 2.05) is 19.0 Å². The lowest BCUT2D eigenvalue weighted by atomic mass is 10.0. The number of aromatic hydroxyl groups is 1. The molecule has 2 N–H and O–H groups in total. The van der Waals surface area contributed by atoms with Gasteiger partial charge in [0.15, 0.2) is 0 Å². The lowest BCUT2D eigenvalue weighted by molar-refractivity contribution is 0.0528. The predicted molar refractivity (Wildman–Crippen MR) is 73.3 cm³/mol. The molecule has 1 aromatic heterocycles. The van der Waals surface area contributed by atoms with Crippen molar-refractivity contribution in [1.82, 2.24) is 9.88 Å². The standard InChI is InChI=1S/C14H18N2O3/c1-4-19-14(18)9-7-15-11-5-6-12(17)10(13(9)11)8-16(2)3/h5-7,15,17H,4,8H2,1-3H3. The average molecular weight is 262 g/mol. The smallest absolute Gasteiger partial charge is 0.340 e. The molecule has 0 aliphatic rings. The molecule has 0 bridgehead atoms. The van der Waals surface area contributed by atoms with Gasteiger partial charge in [-0.05, 0) is 33.2 Å². The Labute approximate surface area is 111 Å². The maximum absolute atomic E-state index is 11.9. The van der Waals surface area contributed by atoms with E-state index in [1.165, 1.54) is 0 Å². The highest BCUT2D eigenvalue weighted by atomic mass is 16.5. The van der Waals surface area contributed by atoms with Crippen LogP contribution in [0.25, 0.3) is 10.9 Å². The number of rotatable bonds is 4. The van der Waals surface area contributed by atoms with E-state index in [2.05, 4.69) is 4.98 Å². The van der Waals surface area contributed by atoms with Crippen molar-refractivity contribution in [1.29, 1.82) is 0 Å². The van der Waals surface area contributed by atoms with Crippen molar-refractivity contribution in [3.63, 3.8) is 0 Å². The van der Waals surface area contributed by atoms with Gasteiger partial charge in [-0.2, -0.15) is 0 Å². The quantitative estimate of drug-likeness (QED) is 0.828. The second-order valence-electron chi connectivity index (χ2n) is 4.65. The summed E-state index contributed by atoms with van der Waals surface area (Å²) in [5, 5.41) is 10.7. The molecule has 2 rings (SSSR count). The van der Waals surface area contributed by atoms with Gasteiger partial charge in [-0.15, -0.1) is 0 Å². The highest BCUT2D eigenvalue weighted by molar-refractivity contribution is 6.06. The van der Waals surface area contributed by atoms with Crippen LogP contribution in [0.4, 0.5) is 0 Å². The van der Waals surface area contributed by atoms with Crippen LogP contribution in [-0.4, -0.2) is 41.7 Å². The van der Waals surface area contributed by atoms with Crippen LogP contribution in [0.15, 0.2) is 18.3 Å². The monoisotopic (exact) mass is 262 g/mol. The molecule has 1 heterocycles. The van der Waals surface area contributed by atoms with Crippen LogP contribution in [0.2, 0.25) is 0 Å². The molecule has 2 aromatic rings. The maximum Gasteiger partial charge on any atom is 0.340 e. The molecule has 0 aliphatic heterocycles. The van der Waals surface area contributed by atoms with E-state index in [4.69, 9.17) is 4.74 Å². The molecule has 1 aromatic carbocycles. The first-order valence-electron chi connectivity index (χ1n) is 6.18. The van der Waals surface area contributed by atoms with Crippen LogP contribution < -0.4 is 0 Å². The minimum absolute atomic E-state index is 0.186. The number of nitrogens with one attached hydrogen (secondary N) is 1. The first kappa shape index (κ1) is 13.4. The number of H-pyrrole nitrogens is 1. The molecule has 0 saturated heterocycles. The van der Waals surface area contributed by atoms with Gasteiger partial charge in [0.2, 0.25) is 0 Å². The summed E-state index contributed by atoms with van der Waals surface area (Å²) < 4.78 is 5.04. The van der Waals surface area contributed by atoms with Crippen LogP contribution >= 0.6 is 0 Å². The molecule has 0 aliphatic carbocycles. The van der Waals surface area contributed by atoms with Gasteiger partial charge in [-0.3, -0.25) is 0 Å². The predicted octanol–water partition coefficient (Wildman–Crippen LogP) is 2.11. The number of aromatic nitrogens is 1. The lowest BCUT2D eigenvalue weighted by Gasteiger charge is -2.13. The van der Waals surface area contributed by atoms with Gasteiger partial charge < -0.3 is 19.7 Å². The molecule has 19 heavy (non-hydrogen) atoms. The number of carbonyl (C=O) groups excluding carboxylic acids is 1. The van der Waals surface area contributed by atoms with Gasteiger partial charge >= 0.3 is 5.97 Å². The van der Waals surface area contributed by atoms with Crippen molar-refractivity contribution in [3.8, 4) is 5.75 Å². The molecule has 0 saturated carbocycles. The van der Waals surface area contributed by atoms with Crippen LogP contribution in [0.3, 0.4) is 0 Å². The largest absolute Gasteiger partial charge is 0.508 e. The number of nitrogens with zero attached hydrogens (tertiary/aromatic N) is 1. The summed E-state index contributed by atoms with van der Waals surface area (Å²) in [6.07, 6.45) is 1.63. The third kappa shape index (κ3) is 2.56. The zero-order valence-electron chi connectivity index (χ0n) is 11.4. The van der Waals surface area contributed by atoms with Gasteiger partial charge in [0.25, 0.3) is 0 Å². The minimum atomic E-state index is -0.376. The summed E-state index contributed by atoms with van der Waals surface area (Å²) >= 11 is 0. The molecule has 0 fully saturated rings. The summed E-state index contributed by atoms with van der Waals surface area (Å²) in [5.41, 5.74) is 2.01. The molecule has 0 radical (unpaired) electrons. The van der Waals surface area contributed by atoms with Crippen molar-refractivity contribution in [2.24, 2.45) is 0 Å². The Morgan fingerprint density at radius 2 is 2.16 bits per heavy atom. The molecular formula is C14H18N2O3. The number of fused-ring (bicyclic) bond motifs is 1. The number of esters is 1. The van der Waals surface area contributed by atoms with E-state index in [1.54, 1.807) is 25.3 Å². The number of phenolic OH excluding ortho intramolecular Hbond substituents is 1. The van der Waals surface area contributed by atoms with Crippen molar-refractivity contribution in [2.75, 3.05) is 20.7 Å². The molecule has 0 unspecified atom stereocenters. The summed E-state index contributed by atoms with van der Waals surface area (Å²) in [6, 6.07) is 3.39. The first-order valence-corrected chi connectivity index (χ1v) is 6.18. The van der Waals surface area contributed by atoms with E-state index in [0.717, 1.165) is 16.5 Å². The molecule has 5 nitrogen and oxygen atoms in total. The molecule has 0 atom stereocenters. The third-order valence-corrected chi connectivity index (χ3v) is 2.90. The number of hydrogen-bond donors (Lipinski definition) is 2. The number of hydrogen-bond acceptors (Lipinski definition) is 4. The SMILES string of the molecule is CCOC(=O)c1c[nH]c2ccc(O)c(CN(C)C)c12. The van der Waals surface area contributed by atoms with Gasteiger partial charge in [0.05, 0.1) is 12.2 Å². The summed E-state index contributed by atoms with van der Waals surface area (Å²) in [6.45, 7) is 2.64. The fraction of sp³-hybridized carbons (Fsp3) is 0.357. The van der Waals surface area contributed by atoms with E-state index in [9.17, 15) is 9.90 Å². The molecule has 0 spiro atoms. The van der Waals surface area contributed by atoms with Crippen LogP contribution in [0.5, 0.6) is 5.75 Å². The van der Waals surface area contributed by atoms with Gasteiger partial charge in [0, 0.05) is 29.2 Å².